The van der Waals surface area contributed by atoms with E-state index in [1.807, 2.05) is 18.2 Å². The maximum absolute atomic E-state index is 9.78. The quantitative estimate of drug-likeness (QED) is 0.734. The Hall–Kier alpha value is -2.00. The lowest BCUT2D eigenvalue weighted by Gasteiger charge is -2.32. The van der Waals surface area contributed by atoms with E-state index in [1.54, 1.807) is 6.07 Å². The van der Waals surface area contributed by atoms with E-state index in [4.69, 9.17) is 0 Å². The van der Waals surface area contributed by atoms with E-state index in [1.165, 1.54) is 11.6 Å². The van der Waals surface area contributed by atoms with Crippen molar-refractivity contribution in [2.45, 2.75) is 38.2 Å². The standard InChI is InChI=1S/C19H22O3/c1-12-9-16(20)6-7-17(12)15-4-2-3-13(10-15)14-5-8-18(21)19(22)11-14/h2-5,8,10-12,16-17,20-22H,6-7,9H2,1H3. The highest BCUT2D eigenvalue weighted by Crippen LogP contribution is 2.39. The molecule has 3 unspecified atom stereocenters. The average molecular weight is 298 g/mol. The molecular weight excluding hydrogens is 276 g/mol. The topological polar surface area (TPSA) is 60.7 Å². The van der Waals surface area contributed by atoms with Crippen molar-refractivity contribution in [1.82, 2.24) is 0 Å². The van der Waals surface area contributed by atoms with Gasteiger partial charge in [-0.2, -0.15) is 0 Å². The average Bonchev–Trinajstić information content (AvgIpc) is 2.50. The Morgan fingerprint density at radius 1 is 0.909 bits per heavy atom. The normalized spacial score (nSPS) is 25.1. The highest BCUT2D eigenvalue weighted by Gasteiger charge is 2.27. The van der Waals surface area contributed by atoms with Crippen LogP contribution >= 0.6 is 0 Å². The summed E-state index contributed by atoms with van der Waals surface area (Å²) in [6, 6.07) is 13.2. The SMILES string of the molecule is CC1CC(O)CCC1c1cccc(-c2ccc(O)c(O)c2)c1. The molecule has 3 rings (SSSR count). The Morgan fingerprint density at radius 2 is 1.68 bits per heavy atom. The summed E-state index contributed by atoms with van der Waals surface area (Å²) in [5.41, 5.74) is 3.20. The fraction of sp³-hybridized carbons (Fsp3) is 0.368. The van der Waals surface area contributed by atoms with Gasteiger partial charge in [0.2, 0.25) is 0 Å². The first-order valence-corrected chi connectivity index (χ1v) is 7.85. The monoisotopic (exact) mass is 298 g/mol. The van der Waals surface area contributed by atoms with E-state index in [0.717, 1.165) is 30.4 Å². The minimum atomic E-state index is -0.163. The van der Waals surface area contributed by atoms with Crippen LogP contribution in [0.2, 0.25) is 0 Å². The van der Waals surface area contributed by atoms with Crippen molar-refractivity contribution in [3.8, 4) is 22.6 Å². The highest BCUT2D eigenvalue weighted by atomic mass is 16.3. The van der Waals surface area contributed by atoms with E-state index in [9.17, 15) is 15.3 Å². The lowest BCUT2D eigenvalue weighted by molar-refractivity contribution is 0.0950. The summed E-state index contributed by atoms with van der Waals surface area (Å²) in [5, 5.41) is 28.9. The lowest BCUT2D eigenvalue weighted by atomic mass is 9.75. The van der Waals surface area contributed by atoms with Crippen LogP contribution in [0, 0.1) is 5.92 Å². The summed E-state index contributed by atoms with van der Waals surface area (Å²) in [4.78, 5) is 0. The molecule has 0 radical (unpaired) electrons. The van der Waals surface area contributed by atoms with Gasteiger partial charge in [0.15, 0.2) is 11.5 Å². The van der Waals surface area contributed by atoms with Crippen LogP contribution in [-0.4, -0.2) is 21.4 Å². The van der Waals surface area contributed by atoms with Gasteiger partial charge in [0.05, 0.1) is 6.10 Å². The van der Waals surface area contributed by atoms with Crippen molar-refractivity contribution >= 4 is 0 Å². The van der Waals surface area contributed by atoms with Crippen molar-refractivity contribution in [3.05, 3.63) is 48.0 Å². The molecule has 3 N–H and O–H groups in total. The zero-order valence-electron chi connectivity index (χ0n) is 12.7. The molecular formula is C19H22O3. The van der Waals surface area contributed by atoms with E-state index < -0.39 is 0 Å². The molecule has 0 spiro atoms. The molecule has 3 atom stereocenters. The van der Waals surface area contributed by atoms with Crippen LogP contribution in [0.25, 0.3) is 11.1 Å². The largest absolute Gasteiger partial charge is 0.504 e. The number of hydrogen-bond donors (Lipinski definition) is 3. The minimum Gasteiger partial charge on any atom is -0.504 e. The van der Waals surface area contributed by atoms with Gasteiger partial charge in [-0.15, -0.1) is 0 Å². The number of hydrogen-bond acceptors (Lipinski definition) is 3. The Labute approximate surface area is 130 Å². The zero-order chi connectivity index (χ0) is 15.7. The molecule has 0 aromatic heterocycles. The predicted molar refractivity (Wildman–Crippen MR) is 87.0 cm³/mol. The molecule has 1 aliphatic carbocycles. The summed E-state index contributed by atoms with van der Waals surface area (Å²) in [6.07, 6.45) is 2.56. The number of benzene rings is 2. The Morgan fingerprint density at radius 3 is 2.41 bits per heavy atom. The van der Waals surface area contributed by atoms with Gasteiger partial charge in [0.25, 0.3) is 0 Å². The van der Waals surface area contributed by atoms with Gasteiger partial charge in [-0.25, -0.2) is 0 Å². The second-order valence-electron chi connectivity index (χ2n) is 6.38. The first-order chi connectivity index (χ1) is 10.5. The number of phenolic OH excluding ortho intramolecular Hbond substituents is 2. The predicted octanol–water partition coefficient (Wildman–Crippen LogP) is 4.03. The van der Waals surface area contributed by atoms with Crippen LogP contribution in [0.4, 0.5) is 0 Å². The number of phenols is 2. The van der Waals surface area contributed by atoms with Crippen LogP contribution in [0.15, 0.2) is 42.5 Å². The molecule has 116 valence electrons. The van der Waals surface area contributed by atoms with Crippen LogP contribution in [0.3, 0.4) is 0 Å². The van der Waals surface area contributed by atoms with Crippen LogP contribution in [-0.2, 0) is 0 Å². The van der Waals surface area contributed by atoms with Crippen LogP contribution in [0.5, 0.6) is 11.5 Å². The molecule has 3 heteroatoms. The fourth-order valence-electron chi connectivity index (χ4n) is 3.51. The molecule has 22 heavy (non-hydrogen) atoms. The fourth-order valence-corrected chi connectivity index (χ4v) is 3.51. The molecule has 2 aromatic rings. The Kier molecular flexibility index (Phi) is 4.08. The summed E-state index contributed by atoms with van der Waals surface area (Å²) < 4.78 is 0. The van der Waals surface area contributed by atoms with Gasteiger partial charge in [-0.3, -0.25) is 0 Å². The minimum absolute atomic E-state index is 0.0999. The van der Waals surface area contributed by atoms with Gasteiger partial charge in [-0.1, -0.05) is 37.3 Å². The molecule has 3 nitrogen and oxygen atoms in total. The molecule has 1 fully saturated rings. The van der Waals surface area contributed by atoms with E-state index in [-0.39, 0.29) is 17.6 Å². The Bertz CT molecular complexity index is 665. The van der Waals surface area contributed by atoms with Gasteiger partial charge in [0.1, 0.15) is 0 Å². The third kappa shape index (κ3) is 2.95. The molecule has 1 saturated carbocycles. The summed E-state index contributed by atoms with van der Waals surface area (Å²) in [7, 11) is 0. The zero-order valence-corrected chi connectivity index (χ0v) is 12.7. The molecule has 2 aromatic carbocycles. The second-order valence-corrected chi connectivity index (χ2v) is 6.38. The van der Waals surface area contributed by atoms with E-state index in [2.05, 4.69) is 19.1 Å². The van der Waals surface area contributed by atoms with Crippen molar-refractivity contribution in [2.24, 2.45) is 5.92 Å². The van der Waals surface area contributed by atoms with Crippen molar-refractivity contribution in [1.29, 1.82) is 0 Å². The van der Waals surface area contributed by atoms with Crippen LogP contribution < -0.4 is 0 Å². The summed E-state index contributed by atoms with van der Waals surface area (Å²) in [6.45, 7) is 2.20. The van der Waals surface area contributed by atoms with Crippen molar-refractivity contribution < 1.29 is 15.3 Å². The number of rotatable bonds is 2. The van der Waals surface area contributed by atoms with E-state index >= 15 is 0 Å². The van der Waals surface area contributed by atoms with Gasteiger partial charge < -0.3 is 15.3 Å². The van der Waals surface area contributed by atoms with Gasteiger partial charge >= 0.3 is 0 Å². The lowest BCUT2D eigenvalue weighted by Crippen LogP contribution is -2.24. The third-order valence-corrected chi connectivity index (χ3v) is 4.77. The maximum Gasteiger partial charge on any atom is 0.158 e. The molecule has 0 amide bonds. The van der Waals surface area contributed by atoms with Gasteiger partial charge in [0, 0.05) is 0 Å². The summed E-state index contributed by atoms with van der Waals surface area (Å²) >= 11 is 0. The molecule has 0 saturated heterocycles. The number of aliphatic hydroxyl groups excluding tert-OH is 1. The van der Waals surface area contributed by atoms with Crippen molar-refractivity contribution in [2.75, 3.05) is 0 Å². The van der Waals surface area contributed by atoms with Crippen LogP contribution in [0.1, 0.15) is 37.7 Å². The maximum atomic E-state index is 9.78. The Balaban J connectivity index is 1.90. The summed E-state index contributed by atoms with van der Waals surface area (Å²) in [5.74, 6) is 0.730. The number of aliphatic hydroxyl groups is 1. The first kappa shape index (κ1) is 14.9. The third-order valence-electron chi connectivity index (χ3n) is 4.77. The van der Waals surface area contributed by atoms with Crippen molar-refractivity contribution in [3.63, 3.8) is 0 Å². The van der Waals surface area contributed by atoms with Gasteiger partial charge in [-0.05, 0) is 59.9 Å². The smallest absolute Gasteiger partial charge is 0.158 e. The second kappa shape index (κ2) is 6.01. The molecule has 0 heterocycles. The number of aromatic hydroxyl groups is 2. The molecule has 1 aliphatic rings. The van der Waals surface area contributed by atoms with E-state index in [0.29, 0.717) is 11.8 Å². The molecule has 0 aliphatic heterocycles. The first-order valence-electron chi connectivity index (χ1n) is 7.85. The molecule has 0 bridgehead atoms. The highest BCUT2D eigenvalue weighted by molar-refractivity contribution is 5.67.